The molecule has 0 spiro atoms. The zero-order chi connectivity index (χ0) is 14.8. The lowest BCUT2D eigenvalue weighted by Gasteiger charge is -2.10. The standard InChI is InChI=1S/C11H13Cl2NO4S/c1-6(2)5-18-11(15)8-3-7(12)4-9(10(8)13)19(14,16)17/h3-4,6H,5H2,1-2H3,(H2,14,16,17). The zero-order valence-corrected chi connectivity index (χ0v) is 12.6. The second kappa shape index (κ2) is 6.09. The summed E-state index contributed by atoms with van der Waals surface area (Å²) in [6, 6.07) is 2.32. The van der Waals surface area contributed by atoms with E-state index in [2.05, 4.69) is 0 Å². The number of hydrogen-bond donors (Lipinski definition) is 1. The van der Waals surface area contributed by atoms with Crippen molar-refractivity contribution in [2.24, 2.45) is 11.1 Å². The quantitative estimate of drug-likeness (QED) is 0.861. The van der Waals surface area contributed by atoms with Crippen LogP contribution in [-0.2, 0) is 14.8 Å². The topological polar surface area (TPSA) is 86.5 Å². The van der Waals surface area contributed by atoms with E-state index in [0.29, 0.717) is 0 Å². The van der Waals surface area contributed by atoms with Crippen molar-refractivity contribution in [2.75, 3.05) is 6.61 Å². The Morgan fingerprint density at radius 1 is 1.37 bits per heavy atom. The van der Waals surface area contributed by atoms with Crippen LogP contribution < -0.4 is 5.14 Å². The number of carbonyl (C=O) groups is 1. The van der Waals surface area contributed by atoms with Gasteiger partial charge >= 0.3 is 5.97 Å². The van der Waals surface area contributed by atoms with Crippen molar-refractivity contribution in [1.29, 1.82) is 0 Å². The molecule has 0 heterocycles. The average molecular weight is 326 g/mol. The molecule has 0 fully saturated rings. The van der Waals surface area contributed by atoms with Gasteiger partial charge in [-0.1, -0.05) is 37.0 Å². The van der Waals surface area contributed by atoms with Crippen molar-refractivity contribution in [3.05, 3.63) is 27.7 Å². The van der Waals surface area contributed by atoms with E-state index in [0.717, 1.165) is 6.07 Å². The maximum Gasteiger partial charge on any atom is 0.339 e. The molecule has 2 N–H and O–H groups in total. The molecule has 0 saturated carbocycles. The normalized spacial score (nSPS) is 11.7. The number of nitrogens with two attached hydrogens (primary N) is 1. The number of halogens is 2. The Bertz CT molecular complexity index is 599. The predicted molar refractivity (Wildman–Crippen MR) is 73.0 cm³/mol. The van der Waals surface area contributed by atoms with Crippen molar-refractivity contribution < 1.29 is 17.9 Å². The van der Waals surface area contributed by atoms with E-state index in [9.17, 15) is 13.2 Å². The molecule has 0 atom stereocenters. The first kappa shape index (κ1) is 16.2. The third-order valence-corrected chi connectivity index (χ3v) is 3.75. The summed E-state index contributed by atoms with van der Waals surface area (Å²) in [5.41, 5.74) is -0.126. The highest BCUT2D eigenvalue weighted by molar-refractivity contribution is 7.89. The Kier molecular flexibility index (Phi) is 5.20. The number of benzene rings is 1. The van der Waals surface area contributed by atoms with Gasteiger partial charge in [-0.15, -0.1) is 0 Å². The molecular weight excluding hydrogens is 313 g/mol. The first-order valence-corrected chi connectivity index (χ1v) is 7.62. The van der Waals surface area contributed by atoms with Crippen LogP contribution in [-0.4, -0.2) is 21.0 Å². The van der Waals surface area contributed by atoms with Gasteiger partial charge in [0, 0.05) is 5.02 Å². The molecule has 0 bridgehead atoms. The second-order valence-corrected chi connectivity index (χ2v) is 6.65. The molecule has 19 heavy (non-hydrogen) atoms. The number of rotatable bonds is 4. The zero-order valence-electron chi connectivity index (χ0n) is 10.3. The summed E-state index contributed by atoms with van der Waals surface area (Å²) in [4.78, 5) is 11.4. The monoisotopic (exact) mass is 325 g/mol. The summed E-state index contributed by atoms with van der Waals surface area (Å²) in [5.74, 6) is -0.606. The van der Waals surface area contributed by atoms with Crippen molar-refractivity contribution in [1.82, 2.24) is 0 Å². The Morgan fingerprint density at radius 3 is 2.42 bits per heavy atom. The molecule has 0 aliphatic rings. The van der Waals surface area contributed by atoms with E-state index in [4.69, 9.17) is 33.1 Å². The van der Waals surface area contributed by atoms with Crippen LogP contribution in [0.5, 0.6) is 0 Å². The van der Waals surface area contributed by atoms with Crippen LogP contribution in [0.15, 0.2) is 17.0 Å². The highest BCUT2D eigenvalue weighted by atomic mass is 35.5. The molecule has 1 rings (SSSR count). The van der Waals surface area contributed by atoms with E-state index in [1.807, 2.05) is 13.8 Å². The fraction of sp³-hybridized carbons (Fsp3) is 0.364. The van der Waals surface area contributed by atoms with Crippen LogP contribution in [0.2, 0.25) is 10.0 Å². The molecule has 0 radical (unpaired) electrons. The minimum Gasteiger partial charge on any atom is -0.462 e. The third kappa shape index (κ3) is 4.35. The van der Waals surface area contributed by atoms with Crippen molar-refractivity contribution in [2.45, 2.75) is 18.7 Å². The maximum absolute atomic E-state index is 11.8. The number of ether oxygens (including phenoxy) is 1. The lowest BCUT2D eigenvalue weighted by Crippen LogP contribution is -2.16. The number of sulfonamides is 1. The van der Waals surface area contributed by atoms with Gasteiger partial charge in [0.25, 0.3) is 0 Å². The minimum atomic E-state index is -4.07. The van der Waals surface area contributed by atoms with E-state index >= 15 is 0 Å². The molecule has 0 aliphatic heterocycles. The van der Waals surface area contributed by atoms with Crippen LogP contribution in [0.1, 0.15) is 24.2 Å². The highest BCUT2D eigenvalue weighted by Gasteiger charge is 2.22. The minimum absolute atomic E-state index is 0.0323. The molecule has 1 aromatic rings. The molecule has 0 aromatic heterocycles. The van der Waals surface area contributed by atoms with Crippen molar-refractivity contribution in [3.8, 4) is 0 Å². The van der Waals surface area contributed by atoms with Crippen LogP contribution in [0, 0.1) is 5.92 Å². The van der Waals surface area contributed by atoms with Gasteiger partial charge in [-0.2, -0.15) is 0 Å². The van der Waals surface area contributed by atoms with Gasteiger partial charge in [0.1, 0.15) is 4.90 Å². The summed E-state index contributed by atoms with van der Waals surface area (Å²) >= 11 is 11.6. The van der Waals surface area contributed by atoms with E-state index in [-0.39, 0.29) is 28.1 Å². The van der Waals surface area contributed by atoms with Crippen LogP contribution >= 0.6 is 23.2 Å². The van der Waals surface area contributed by atoms with Crippen LogP contribution in [0.25, 0.3) is 0 Å². The summed E-state index contributed by atoms with van der Waals surface area (Å²) in [6.07, 6.45) is 0. The molecule has 106 valence electrons. The molecule has 8 heteroatoms. The first-order valence-electron chi connectivity index (χ1n) is 5.32. The van der Waals surface area contributed by atoms with Crippen molar-refractivity contribution >= 4 is 39.2 Å². The SMILES string of the molecule is CC(C)COC(=O)c1cc(Cl)cc(S(N)(=O)=O)c1Cl. The first-order chi connectivity index (χ1) is 8.62. The molecule has 0 unspecified atom stereocenters. The third-order valence-electron chi connectivity index (χ3n) is 2.08. The molecule has 0 aliphatic carbocycles. The number of hydrogen-bond acceptors (Lipinski definition) is 4. The predicted octanol–water partition coefficient (Wildman–Crippen LogP) is 2.45. The van der Waals surface area contributed by atoms with Gasteiger partial charge < -0.3 is 4.74 Å². The lowest BCUT2D eigenvalue weighted by atomic mass is 10.2. The largest absolute Gasteiger partial charge is 0.462 e. The second-order valence-electron chi connectivity index (χ2n) is 4.30. The molecule has 0 amide bonds. The Balaban J connectivity index is 3.22. The van der Waals surface area contributed by atoms with Crippen LogP contribution in [0.4, 0.5) is 0 Å². The molecular formula is C11H13Cl2NO4S. The smallest absolute Gasteiger partial charge is 0.339 e. The van der Waals surface area contributed by atoms with Gasteiger partial charge in [0.2, 0.25) is 10.0 Å². The van der Waals surface area contributed by atoms with E-state index in [1.54, 1.807) is 0 Å². The Morgan fingerprint density at radius 2 is 1.95 bits per heavy atom. The van der Waals surface area contributed by atoms with E-state index in [1.165, 1.54) is 6.07 Å². The molecule has 1 aromatic carbocycles. The number of primary sulfonamides is 1. The number of esters is 1. The fourth-order valence-corrected chi connectivity index (χ4v) is 2.68. The summed E-state index contributed by atoms with van der Waals surface area (Å²) in [7, 11) is -4.07. The van der Waals surface area contributed by atoms with Gasteiger partial charge in [-0.3, -0.25) is 0 Å². The molecule has 0 saturated heterocycles. The summed E-state index contributed by atoms with van der Waals surface area (Å²) in [6.45, 7) is 3.91. The summed E-state index contributed by atoms with van der Waals surface area (Å²) in [5, 5.41) is 4.74. The highest BCUT2D eigenvalue weighted by Crippen LogP contribution is 2.29. The van der Waals surface area contributed by atoms with Gasteiger partial charge in [0.15, 0.2) is 0 Å². The summed E-state index contributed by atoms with van der Waals surface area (Å²) < 4.78 is 27.6. The average Bonchev–Trinajstić information content (AvgIpc) is 2.27. The van der Waals surface area contributed by atoms with Crippen LogP contribution in [0.3, 0.4) is 0 Å². The maximum atomic E-state index is 11.8. The van der Waals surface area contributed by atoms with Gasteiger partial charge in [-0.25, -0.2) is 18.4 Å². The Labute approximate surface area is 121 Å². The molecule has 5 nitrogen and oxygen atoms in total. The Hall–Kier alpha value is -0.820. The van der Waals surface area contributed by atoms with Gasteiger partial charge in [-0.05, 0) is 18.1 Å². The van der Waals surface area contributed by atoms with Crippen molar-refractivity contribution in [3.63, 3.8) is 0 Å². The lowest BCUT2D eigenvalue weighted by molar-refractivity contribution is 0.0459. The van der Waals surface area contributed by atoms with E-state index < -0.39 is 20.9 Å². The number of carbonyl (C=O) groups excluding carboxylic acids is 1. The van der Waals surface area contributed by atoms with Gasteiger partial charge in [0.05, 0.1) is 17.2 Å². The fourth-order valence-electron chi connectivity index (χ4n) is 1.24.